The van der Waals surface area contributed by atoms with Gasteiger partial charge in [-0.1, -0.05) is 23.7 Å². The van der Waals surface area contributed by atoms with Crippen molar-refractivity contribution in [3.63, 3.8) is 0 Å². The Balaban J connectivity index is 1.67. The number of ether oxygens (including phenoxy) is 2. The van der Waals surface area contributed by atoms with Crippen molar-refractivity contribution < 1.29 is 22.1 Å². The van der Waals surface area contributed by atoms with E-state index < -0.39 is 22.0 Å². The Morgan fingerprint density at radius 1 is 1.38 bits per heavy atom. The van der Waals surface area contributed by atoms with Crippen molar-refractivity contribution in [2.75, 3.05) is 19.5 Å². The van der Waals surface area contributed by atoms with Gasteiger partial charge < -0.3 is 14.0 Å². The quantitative estimate of drug-likeness (QED) is 0.632. The van der Waals surface area contributed by atoms with Crippen molar-refractivity contribution in [1.82, 2.24) is 9.55 Å². The van der Waals surface area contributed by atoms with E-state index in [-0.39, 0.29) is 13.2 Å². The number of aromatic nitrogens is 2. The van der Waals surface area contributed by atoms with Gasteiger partial charge in [-0.15, -0.1) is 0 Å². The number of benzene rings is 1. The van der Waals surface area contributed by atoms with Crippen molar-refractivity contribution in [3.8, 4) is 0 Å². The van der Waals surface area contributed by atoms with Gasteiger partial charge in [-0.05, 0) is 24.1 Å². The highest BCUT2D eigenvalue weighted by Crippen LogP contribution is 2.31. The van der Waals surface area contributed by atoms with Crippen molar-refractivity contribution >= 4 is 21.7 Å². The summed E-state index contributed by atoms with van der Waals surface area (Å²) in [5, 5.41) is 0.688. The van der Waals surface area contributed by atoms with Crippen LogP contribution in [0.5, 0.6) is 0 Å². The molecule has 0 saturated carbocycles. The minimum atomic E-state index is -3.52. The molecule has 1 fully saturated rings. The highest BCUT2D eigenvalue weighted by molar-refractivity contribution is 7.85. The Morgan fingerprint density at radius 3 is 2.81 bits per heavy atom. The molecule has 2 atom stereocenters. The Labute approximate surface area is 158 Å². The SMILES string of the molecule is CS(=O)(=O)OC[C@@H]1CO[C@@](CCc2ccc(Cl)cc2)(Cn2ccnc2)O1. The van der Waals surface area contributed by atoms with E-state index in [9.17, 15) is 8.42 Å². The number of rotatable bonds is 8. The molecule has 7 nitrogen and oxygen atoms in total. The van der Waals surface area contributed by atoms with Gasteiger partial charge in [-0.25, -0.2) is 4.98 Å². The maximum absolute atomic E-state index is 11.2. The number of halogens is 1. The standard InChI is InChI=1S/C17H21ClN2O5S/c1-26(21,22)24-11-16-10-23-17(25-16,12-20-9-8-19-13-20)7-6-14-2-4-15(18)5-3-14/h2-5,8-9,13,16H,6-7,10-12H2,1H3/t16-,17+/m0/s1. The summed E-state index contributed by atoms with van der Waals surface area (Å²) in [6.45, 7) is 0.659. The van der Waals surface area contributed by atoms with Crippen molar-refractivity contribution in [2.45, 2.75) is 31.3 Å². The van der Waals surface area contributed by atoms with Crippen molar-refractivity contribution in [2.24, 2.45) is 0 Å². The molecular formula is C17H21ClN2O5S. The van der Waals surface area contributed by atoms with E-state index in [2.05, 4.69) is 4.98 Å². The molecule has 142 valence electrons. The third kappa shape index (κ3) is 5.52. The molecule has 2 aromatic rings. The molecule has 9 heteroatoms. The number of hydrogen-bond donors (Lipinski definition) is 0. The summed E-state index contributed by atoms with van der Waals surface area (Å²) in [6, 6.07) is 7.62. The molecule has 1 aliphatic rings. The zero-order valence-electron chi connectivity index (χ0n) is 14.4. The van der Waals surface area contributed by atoms with Gasteiger partial charge in [0, 0.05) is 23.8 Å². The highest BCUT2D eigenvalue weighted by Gasteiger charge is 2.42. The maximum Gasteiger partial charge on any atom is 0.264 e. The molecule has 3 rings (SSSR count). The van der Waals surface area contributed by atoms with E-state index in [1.54, 1.807) is 12.5 Å². The second kappa shape index (κ2) is 8.06. The largest absolute Gasteiger partial charge is 0.345 e. The summed E-state index contributed by atoms with van der Waals surface area (Å²) in [5.74, 6) is -0.869. The van der Waals surface area contributed by atoms with Gasteiger partial charge in [0.25, 0.3) is 10.1 Å². The van der Waals surface area contributed by atoms with Crippen LogP contribution in [0.4, 0.5) is 0 Å². The number of imidazole rings is 1. The molecule has 1 aliphatic heterocycles. The molecular weight excluding hydrogens is 380 g/mol. The maximum atomic E-state index is 11.2. The molecule has 1 aromatic carbocycles. The van der Waals surface area contributed by atoms with E-state index in [4.69, 9.17) is 25.3 Å². The fourth-order valence-corrected chi connectivity index (χ4v) is 3.36. The van der Waals surface area contributed by atoms with Gasteiger partial charge in [0.15, 0.2) is 5.79 Å². The van der Waals surface area contributed by atoms with Crippen LogP contribution in [0.25, 0.3) is 0 Å². The number of nitrogens with zero attached hydrogens (tertiary/aromatic N) is 2. The van der Waals surface area contributed by atoms with E-state index in [1.165, 1.54) is 0 Å². The van der Waals surface area contributed by atoms with Crippen LogP contribution in [0.3, 0.4) is 0 Å². The van der Waals surface area contributed by atoms with Crippen LogP contribution < -0.4 is 0 Å². The van der Waals surface area contributed by atoms with Crippen LogP contribution in [-0.4, -0.2) is 49.3 Å². The lowest BCUT2D eigenvalue weighted by Gasteiger charge is -2.28. The third-order valence-corrected chi connectivity index (χ3v) is 4.89. The molecule has 0 aliphatic carbocycles. The Morgan fingerprint density at radius 2 is 2.15 bits per heavy atom. The Kier molecular flexibility index (Phi) is 5.99. The van der Waals surface area contributed by atoms with E-state index in [1.807, 2.05) is 35.0 Å². The first kappa shape index (κ1) is 19.3. The minimum Gasteiger partial charge on any atom is -0.345 e. The molecule has 0 spiro atoms. The lowest BCUT2D eigenvalue weighted by atomic mass is 10.0. The zero-order valence-corrected chi connectivity index (χ0v) is 15.9. The van der Waals surface area contributed by atoms with Crippen LogP contribution in [0.1, 0.15) is 12.0 Å². The smallest absolute Gasteiger partial charge is 0.264 e. The van der Waals surface area contributed by atoms with Crippen LogP contribution >= 0.6 is 11.6 Å². The highest BCUT2D eigenvalue weighted by atomic mass is 35.5. The monoisotopic (exact) mass is 400 g/mol. The van der Waals surface area contributed by atoms with Gasteiger partial charge >= 0.3 is 0 Å². The first-order chi connectivity index (χ1) is 12.3. The fourth-order valence-electron chi connectivity index (χ4n) is 2.84. The second-order valence-electron chi connectivity index (χ2n) is 6.31. The molecule has 26 heavy (non-hydrogen) atoms. The van der Waals surface area contributed by atoms with E-state index in [0.29, 0.717) is 18.0 Å². The average Bonchev–Trinajstić information content (AvgIpc) is 3.23. The topological polar surface area (TPSA) is 79.7 Å². The number of hydrogen-bond acceptors (Lipinski definition) is 6. The van der Waals surface area contributed by atoms with Crippen LogP contribution in [-0.2, 0) is 36.7 Å². The predicted octanol–water partition coefficient (Wildman–Crippen LogP) is 2.26. The van der Waals surface area contributed by atoms with Gasteiger partial charge in [0.2, 0.25) is 0 Å². The lowest BCUT2D eigenvalue weighted by molar-refractivity contribution is -0.184. The van der Waals surface area contributed by atoms with Gasteiger partial charge in [0.1, 0.15) is 6.10 Å². The summed E-state index contributed by atoms with van der Waals surface area (Å²) in [4.78, 5) is 4.04. The average molecular weight is 401 g/mol. The van der Waals surface area contributed by atoms with E-state index >= 15 is 0 Å². The summed E-state index contributed by atoms with van der Waals surface area (Å²) in [7, 11) is -3.52. The first-order valence-electron chi connectivity index (χ1n) is 8.20. The lowest BCUT2D eigenvalue weighted by Crippen LogP contribution is -2.37. The normalized spacial score (nSPS) is 23.4. The zero-order chi connectivity index (χ0) is 18.6. The van der Waals surface area contributed by atoms with Crippen LogP contribution in [0, 0.1) is 0 Å². The molecule has 1 saturated heterocycles. The van der Waals surface area contributed by atoms with Crippen LogP contribution in [0.2, 0.25) is 5.02 Å². The second-order valence-corrected chi connectivity index (χ2v) is 8.39. The fraction of sp³-hybridized carbons (Fsp3) is 0.471. The molecule has 0 unspecified atom stereocenters. The van der Waals surface area contributed by atoms with Gasteiger partial charge in [-0.3, -0.25) is 4.18 Å². The minimum absolute atomic E-state index is 0.0640. The summed E-state index contributed by atoms with van der Waals surface area (Å²) in [5.41, 5.74) is 1.11. The molecule has 2 heterocycles. The van der Waals surface area contributed by atoms with Crippen molar-refractivity contribution in [3.05, 3.63) is 53.6 Å². The molecule has 1 aromatic heterocycles. The third-order valence-electron chi connectivity index (χ3n) is 4.07. The molecule has 0 bridgehead atoms. The summed E-state index contributed by atoms with van der Waals surface area (Å²) < 4.78 is 41.2. The van der Waals surface area contributed by atoms with Crippen LogP contribution in [0.15, 0.2) is 43.0 Å². The van der Waals surface area contributed by atoms with E-state index in [0.717, 1.165) is 18.2 Å². The predicted molar refractivity (Wildman–Crippen MR) is 96.4 cm³/mol. The Bertz CT molecular complexity index is 810. The summed E-state index contributed by atoms with van der Waals surface area (Å²) >= 11 is 5.93. The Hall–Kier alpha value is -1.45. The molecule has 0 amide bonds. The molecule has 0 radical (unpaired) electrons. The van der Waals surface area contributed by atoms with Gasteiger partial charge in [-0.2, -0.15) is 8.42 Å². The van der Waals surface area contributed by atoms with Gasteiger partial charge in [0.05, 0.1) is 32.3 Å². The summed E-state index contributed by atoms with van der Waals surface area (Å²) in [6.07, 6.45) is 7.11. The number of aryl methyl sites for hydroxylation is 1. The first-order valence-corrected chi connectivity index (χ1v) is 10.4. The molecule has 0 N–H and O–H groups in total. The van der Waals surface area contributed by atoms with Crippen molar-refractivity contribution in [1.29, 1.82) is 0 Å².